The molecule has 2 amide bonds. The van der Waals surface area contributed by atoms with Gasteiger partial charge in [-0.15, -0.1) is 0 Å². The number of rotatable bonds is 7. The molecule has 30 heavy (non-hydrogen) atoms. The molecule has 3 aromatic rings. The molecule has 1 aromatic carbocycles. The molecule has 0 radical (unpaired) electrons. The van der Waals surface area contributed by atoms with Crippen molar-refractivity contribution < 1.29 is 18.5 Å². The SMILES string of the molecule is Cc1ccc(CNC(=O)CCc2nc(C3CCCN3C(=O)c3ccccc3)no2)o1. The van der Waals surface area contributed by atoms with Crippen molar-refractivity contribution in [3.8, 4) is 0 Å². The molecule has 0 saturated carbocycles. The molecule has 1 saturated heterocycles. The predicted octanol–water partition coefficient (Wildman–Crippen LogP) is 3.20. The molecule has 8 heteroatoms. The number of aryl methyl sites for hydroxylation is 2. The lowest BCUT2D eigenvalue weighted by molar-refractivity contribution is -0.121. The van der Waals surface area contributed by atoms with Gasteiger partial charge in [-0.05, 0) is 44.0 Å². The highest BCUT2D eigenvalue weighted by atomic mass is 16.5. The van der Waals surface area contributed by atoms with Crippen LogP contribution in [0.4, 0.5) is 0 Å². The van der Waals surface area contributed by atoms with Crippen LogP contribution < -0.4 is 5.32 Å². The summed E-state index contributed by atoms with van der Waals surface area (Å²) in [4.78, 5) is 31.1. The maximum absolute atomic E-state index is 12.8. The number of furan rings is 1. The second kappa shape index (κ2) is 8.94. The van der Waals surface area contributed by atoms with Crippen molar-refractivity contribution in [2.75, 3.05) is 6.54 Å². The van der Waals surface area contributed by atoms with Gasteiger partial charge in [-0.2, -0.15) is 4.98 Å². The fourth-order valence-electron chi connectivity index (χ4n) is 3.60. The summed E-state index contributed by atoms with van der Waals surface area (Å²) < 4.78 is 10.8. The van der Waals surface area contributed by atoms with Gasteiger partial charge in [0, 0.05) is 24.9 Å². The maximum Gasteiger partial charge on any atom is 0.254 e. The normalized spacial score (nSPS) is 16.0. The quantitative estimate of drug-likeness (QED) is 0.644. The maximum atomic E-state index is 12.8. The van der Waals surface area contributed by atoms with E-state index in [1.165, 1.54) is 0 Å². The standard InChI is InChI=1S/C22H24N4O4/c1-15-9-10-17(29-15)14-23-19(27)11-12-20-24-21(25-30-20)18-8-5-13-26(18)22(28)16-6-3-2-4-7-16/h2-4,6-7,9-10,18H,5,8,11-14H2,1H3,(H,23,27). The number of amides is 2. The molecular weight excluding hydrogens is 384 g/mol. The number of benzene rings is 1. The highest BCUT2D eigenvalue weighted by Gasteiger charge is 2.33. The molecule has 1 aliphatic rings. The van der Waals surface area contributed by atoms with Gasteiger partial charge >= 0.3 is 0 Å². The summed E-state index contributed by atoms with van der Waals surface area (Å²) in [5.74, 6) is 2.27. The zero-order valence-corrected chi connectivity index (χ0v) is 16.8. The van der Waals surface area contributed by atoms with Crippen LogP contribution in [-0.2, 0) is 17.8 Å². The van der Waals surface area contributed by atoms with Crippen molar-refractivity contribution in [3.05, 3.63) is 71.3 Å². The van der Waals surface area contributed by atoms with Crippen LogP contribution in [0, 0.1) is 6.92 Å². The van der Waals surface area contributed by atoms with Crippen LogP contribution in [0.1, 0.15) is 58.9 Å². The van der Waals surface area contributed by atoms with Gasteiger partial charge in [0.2, 0.25) is 11.8 Å². The van der Waals surface area contributed by atoms with Gasteiger partial charge < -0.3 is 19.2 Å². The van der Waals surface area contributed by atoms with E-state index in [4.69, 9.17) is 8.94 Å². The molecule has 3 heterocycles. The Hall–Kier alpha value is -3.42. The average molecular weight is 408 g/mol. The number of carbonyl (C=O) groups is 2. The van der Waals surface area contributed by atoms with E-state index in [-0.39, 0.29) is 24.3 Å². The monoisotopic (exact) mass is 408 g/mol. The van der Waals surface area contributed by atoms with Crippen molar-refractivity contribution in [2.45, 2.75) is 45.2 Å². The van der Waals surface area contributed by atoms with Crippen LogP contribution in [-0.4, -0.2) is 33.4 Å². The summed E-state index contributed by atoms with van der Waals surface area (Å²) in [5, 5.41) is 6.88. The lowest BCUT2D eigenvalue weighted by atomic mass is 10.1. The van der Waals surface area contributed by atoms with Crippen molar-refractivity contribution in [2.24, 2.45) is 0 Å². The van der Waals surface area contributed by atoms with Crippen LogP contribution >= 0.6 is 0 Å². The van der Waals surface area contributed by atoms with Crippen molar-refractivity contribution in [1.29, 1.82) is 0 Å². The molecule has 1 atom stereocenters. The van der Waals surface area contributed by atoms with Crippen molar-refractivity contribution in [3.63, 3.8) is 0 Å². The Kier molecular flexibility index (Phi) is 5.92. The van der Waals surface area contributed by atoms with Gasteiger partial charge in [-0.3, -0.25) is 9.59 Å². The Labute approximate surface area is 174 Å². The topological polar surface area (TPSA) is 101 Å². The highest BCUT2D eigenvalue weighted by molar-refractivity contribution is 5.94. The Balaban J connectivity index is 1.32. The number of nitrogens with zero attached hydrogens (tertiary/aromatic N) is 3. The lowest BCUT2D eigenvalue weighted by Crippen LogP contribution is -2.31. The molecule has 2 aromatic heterocycles. The van der Waals surface area contributed by atoms with E-state index >= 15 is 0 Å². The molecule has 1 aliphatic heterocycles. The highest BCUT2D eigenvalue weighted by Crippen LogP contribution is 2.31. The second-order valence-corrected chi connectivity index (χ2v) is 7.36. The van der Waals surface area contributed by atoms with Crippen molar-refractivity contribution >= 4 is 11.8 Å². The van der Waals surface area contributed by atoms with E-state index in [0.29, 0.717) is 42.5 Å². The van der Waals surface area contributed by atoms with Gasteiger partial charge in [0.05, 0.1) is 12.6 Å². The summed E-state index contributed by atoms with van der Waals surface area (Å²) in [6.07, 6.45) is 2.26. The molecular formula is C22H24N4O4. The molecule has 8 nitrogen and oxygen atoms in total. The van der Waals surface area contributed by atoms with E-state index in [1.54, 1.807) is 4.90 Å². The first kappa shape index (κ1) is 19.9. The zero-order valence-electron chi connectivity index (χ0n) is 16.8. The van der Waals surface area contributed by atoms with Crippen molar-refractivity contribution in [1.82, 2.24) is 20.4 Å². The summed E-state index contributed by atoms with van der Waals surface area (Å²) in [6, 6.07) is 12.7. The first-order valence-corrected chi connectivity index (χ1v) is 10.1. The molecule has 1 fully saturated rings. The van der Waals surface area contributed by atoms with E-state index in [2.05, 4.69) is 15.5 Å². The van der Waals surface area contributed by atoms with Crippen LogP contribution in [0.2, 0.25) is 0 Å². The third-order valence-electron chi connectivity index (χ3n) is 5.14. The number of nitrogens with one attached hydrogen (secondary N) is 1. The summed E-state index contributed by atoms with van der Waals surface area (Å²) in [6.45, 7) is 2.87. The lowest BCUT2D eigenvalue weighted by Gasteiger charge is -2.22. The van der Waals surface area contributed by atoms with E-state index in [9.17, 15) is 9.59 Å². The molecule has 4 rings (SSSR count). The van der Waals surface area contributed by atoms with E-state index in [0.717, 1.165) is 18.6 Å². The smallest absolute Gasteiger partial charge is 0.254 e. The molecule has 156 valence electrons. The van der Waals surface area contributed by atoms with E-state index < -0.39 is 0 Å². The van der Waals surface area contributed by atoms with Gasteiger partial charge in [-0.25, -0.2) is 0 Å². The predicted molar refractivity (Wildman–Crippen MR) is 107 cm³/mol. The number of likely N-dealkylation sites (tertiary alicyclic amines) is 1. The molecule has 0 bridgehead atoms. The van der Waals surface area contributed by atoms with Gasteiger partial charge in [-0.1, -0.05) is 23.4 Å². The Bertz CT molecular complexity index is 1010. The van der Waals surface area contributed by atoms with E-state index in [1.807, 2.05) is 49.4 Å². The van der Waals surface area contributed by atoms with Crippen LogP contribution in [0.25, 0.3) is 0 Å². The Morgan fingerprint density at radius 1 is 1.20 bits per heavy atom. The number of carbonyl (C=O) groups excluding carboxylic acids is 2. The molecule has 0 aliphatic carbocycles. The summed E-state index contributed by atoms with van der Waals surface area (Å²) in [5.41, 5.74) is 0.650. The minimum absolute atomic E-state index is 0.0306. The first-order chi connectivity index (χ1) is 14.6. The third kappa shape index (κ3) is 4.59. The van der Waals surface area contributed by atoms with Gasteiger partial charge in [0.1, 0.15) is 11.5 Å². The number of hydrogen-bond donors (Lipinski definition) is 1. The zero-order chi connectivity index (χ0) is 20.9. The molecule has 1 N–H and O–H groups in total. The van der Waals surface area contributed by atoms with Crippen LogP contribution in [0.3, 0.4) is 0 Å². The van der Waals surface area contributed by atoms with Gasteiger partial charge in [0.25, 0.3) is 5.91 Å². The largest absolute Gasteiger partial charge is 0.465 e. The number of aromatic nitrogens is 2. The number of hydrogen-bond acceptors (Lipinski definition) is 6. The fourth-order valence-corrected chi connectivity index (χ4v) is 3.60. The minimum Gasteiger partial charge on any atom is -0.465 e. The molecule has 0 spiro atoms. The third-order valence-corrected chi connectivity index (χ3v) is 5.14. The molecule has 1 unspecified atom stereocenters. The average Bonchev–Trinajstić information content (AvgIpc) is 3.51. The second-order valence-electron chi connectivity index (χ2n) is 7.36. The minimum atomic E-state index is -0.203. The fraction of sp³-hybridized carbons (Fsp3) is 0.364. The van der Waals surface area contributed by atoms with Crippen LogP contribution in [0.5, 0.6) is 0 Å². The first-order valence-electron chi connectivity index (χ1n) is 10.1. The Morgan fingerprint density at radius 3 is 2.80 bits per heavy atom. The Morgan fingerprint density at radius 2 is 2.03 bits per heavy atom. The summed E-state index contributed by atoms with van der Waals surface area (Å²) in [7, 11) is 0. The van der Waals surface area contributed by atoms with Crippen LogP contribution in [0.15, 0.2) is 51.4 Å². The summed E-state index contributed by atoms with van der Waals surface area (Å²) >= 11 is 0. The van der Waals surface area contributed by atoms with Gasteiger partial charge in [0.15, 0.2) is 5.82 Å².